The molecule has 0 atom stereocenters. The maximum atomic E-state index is 13.9. The fourth-order valence-corrected chi connectivity index (χ4v) is 1.69. The number of carbonyl (C=O) groups is 1. The number of benzene rings is 2. The predicted octanol–water partition coefficient (Wildman–Crippen LogP) is 2.55. The molecule has 0 spiro atoms. The molecule has 2 aromatic rings. The van der Waals surface area contributed by atoms with E-state index in [2.05, 4.69) is 5.10 Å². The zero-order valence-corrected chi connectivity index (χ0v) is 11.4. The Kier molecular flexibility index (Phi) is 5.02. The van der Waals surface area contributed by atoms with Gasteiger partial charge in [0.25, 0.3) is 0 Å². The maximum absolute atomic E-state index is 13.9. The lowest BCUT2D eigenvalue weighted by Gasteiger charge is -2.09. The summed E-state index contributed by atoms with van der Waals surface area (Å²) in [5.74, 6) is -2.20. The van der Waals surface area contributed by atoms with Crippen molar-refractivity contribution in [3.05, 3.63) is 65.2 Å². The van der Waals surface area contributed by atoms with Crippen molar-refractivity contribution in [1.82, 2.24) is 5.43 Å². The molecule has 0 fully saturated rings. The van der Waals surface area contributed by atoms with Gasteiger partial charge in [-0.3, -0.25) is 0 Å². The molecule has 0 heterocycles. The second-order valence-corrected chi connectivity index (χ2v) is 4.32. The Morgan fingerprint density at radius 1 is 1.23 bits per heavy atom. The summed E-state index contributed by atoms with van der Waals surface area (Å²) in [6, 6.07) is 10.2. The summed E-state index contributed by atoms with van der Waals surface area (Å²) in [4.78, 5) is 10.4. The summed E-state index contributed by atoms with van der Waals surface area (Å²) in [6.07, 6.45) is 1.07. The lowest BCUT2D eigenvalue weighted by Crippen LogP contribution is -2.24. The Morgan fingerprint density at radius 2 is 1.86 bits per heavy atom. The maximum Gasteiger partial charge on any atom is 0.332 e. The molecule has 22 heavy (non-hydrogen) atoms. The second-order valence-electron chi connectivity index (χ2n) is 4.32. The van der Waals surface area contributed by atoms with E-state index in [-0.39, 0.29) is 12.2 Å². The van der Waals surface area contributed by atoms with Crippen LogP contribution in [0.15, 0.2) is 47.6 Å². The minimum atomic E-state index is -0.875. The first-order valence-corrected chi connectivity index (χ1v) is 6.30. The molecule has 0 saturated heterocycles. The Hall–Kier alpha value is -2.96. The van der Waals surface area contributed by atoms with Gasteiger partial charge in [-0.2, -0.15) is 5.10 Å². The van der Waals surface area contributed by atoms with E-state index in [0.29, 0.717) is 0 Å². The number of nitrogens with one attached hydrogen (secondary N) is 1. The van der Waals surface area contributed by atoms with Crippen LogP contribution in [-0.2, 0) is 6.61 Å². The van der Waals surface area contributed by atoms with E-state index in [1.54, 1.807) is 24.3 Å². The van der Waals surface area contributed by atoms with Crippen LogP contribution in [0.25, 0.3) is 0 Å². The molecule has 0 bridgehead atoms. The molecule has 2 aromatic carbocycles. The van der Waals surface area contributed by atoms with Crippen molar-refractivity contribution >= 4 is 12.2 Å². The van der Waals surface area contributed by atoms with Crippen LogP contribution in [-0.4, -0.2) is 12.2 Å². The molecular weight excluding hydrogens is 292 g/mol. The molecule has 0 aliphatic carbocycles. The fraction of sp³-hybridized carbons (Fsp3) is 0.0667. The zero-order valence-electron chi connectivity index (χ0n) is 11.4. The Bertz CT molecular complexity index is 667. The molecule has 0 saturated carbocycles. The molecule has 0 aromatic heterocycles. The van der Waals surface area contributed by atoms with E-state index < -0.39 is 23.4 Å². The van der Waals surface area contributed by atoms with Gasteiger partial charge in [0.1, 0.15) is 6.61 Å². The number of urea groups is 1. The quantitative estimate of drug-likeness (QED) is 0.658. The average Bonchev–Trinajstić information content (AvgIpc) is 2.47. The van der Waals surface area contributed by atoms with Gasteiger partial charge in [0, 0.05) is 5.56 Å². The van der Waals surface area contributed by atoms with Crippen LogP contribution < -0.4 is 15.9 Å². The molecule has 2 amide bonds. The number of nitrogens with zero attached hydrogens (tertiary/aromatic N) is 1. The van der Waals surface area contributed by atoms with Crippen LogP contribution in [0, 0.1) is 11.6 Å². The summed E-state index contributed by atoms with van der Waals surface area (Å²) in [5, 5.41) is 3.42. The topological polar surface area (TPSA) is 76.7 Å². The summed E-state index contributed by atoms with van der Waals surface area (Å²) in [7, 11) is 0. The number of nitrogens with two attached hydrogens (primary N) is 1. The molecule has 114 valence electrons. The average molecular weight is 305 g/mol. The van der Waals surface area contributed by atoms with Gasteiger partial charge in [0.05, 0.1) is 6.21 Å². The molecule has 0 radical (unpaired) electrons. The summed E-state index contributed by atoms with van der Waals surface area (Å²) in [5.41, 5.74) is 7.64. The molecular formula is C15H13F2N3O2. The fourth-order valence-electron chi connectivity index (χ4n) is 1.69. The summed E-state index contributed by atoms with van der Waals surface area (Å²) >= 11 is 0. The normalized spacial score (nSPS) is 10.6. The van der Waals surface area contributed by atoms with Gasteiger partial charge >= 0.3 is 6.03 Å². The van der Waals surface area contributed by atoms with Gasteiger partial charge in [-0.25, -0.2) is 19.0 Å². The monoisotopic (exact) mass is 305 g/mol. The number of hydrazone groups is 1. The number of carbonyl (C=O) groups excluding carboxylic acids is 1. The Balaban J connectivity index is 2.09. The minimum Gasteiger partial charge on any atom is -0.483 e. The molecule has 2 rings (SSSR count). The third kappa shape index (κ3) is 4.27. The highest BCUT2D eigenvalue weighted by atomic mass is 19.1. The molecule has 5 nitrogen and oxygen atoms in total. The van der Waals surface area contributed by atoms with Gasteiger partial charge < -0.3 is 10.5 Å². The summed E-state index contributed by atoms with van der Waals surface area (Å²) < 4.78 is 32.9. The lowest BCUT2D eigenvalue weighted by molar-refractivity contribution is 0.249. The number of halogens is 2. The largest absolute Gasteiger partial charge is 0.483 e. The molecule has 0 unspecified atom stereocenters. The van der Waals surface area contributed by atoms with E-state index >= 15 is 0 Å². The van der Waals surface area contributed by atoms with E-state index in [1.165, 1.54) is 0 Å². The number of primary amides is 1. The standard InChI is InChI=1S/C15H13F2N3O2/c16-12-6-11(8-19-20-15(18)21)7-13(17)14(12)22-9-10-4-2-1-3-5-10/h1-8H,9H2,(H3,18,20,21). The second kappa shape index (κ2) is 7.16. The predicted molar refractivity (Wildman–Crippen MR) is 77.4 cm³/mol. The van der Waals surface area contributed by atoms with Gasteiger partial charge in [0.2, 0.25) is 0 Å². The van der Waals surface area contributed by atoms with Gasteiger partial charge in [-0.15, -0.1) is 0 Å². The number of hydrogen-bond donors (Lipinski definition) is 2. The van der Waals surface area contributed by atoms with Gasteiger partial charge in [-0.1, -0.05) is 30.3 Å². The van der Waals surface area contributed by atoms with Crippen LogP contribution in [0.3, 0.4) is 0 Å². The molecule has 0 aliphatic heterocycles. The SMILES string of the molecule is NC(=O)NN=Cc1cc(F)c(OCc2ccccc2)c(F)c1. The van der Waals surface area contributed by atoms with Crippen molar-refractivity contribution in [2.75, 3.05) is 0 Å². The van der Waals surface area contributed by atoms with Crippen LogP contribution in [0.1, 0.15) is 11.1 Å². The molecule has 3 N–H and O–H groups in total. The Morgan fingerprint density at radius 3 is 2.45 bits per heavy atom. The number of ether oxygens (including phenoxy) is 1. The van der Waals surface area contributed by atoms with Crippen LogP contribution in [0.4, 0.5) is 13.6 Å². The highest BCUT2D eigenvalue weighted by Gasteiger charge is 2.12. The van der Waals surface area contributed by atoms with E-state index in [4.69, 9.17) is 10.5 Å². The lowest BCUT2D eigenvalue weighted by atomic mass is 10.2. The van der Waals surface area contributed by atoms with Crippen molar-refractivity contribution in [1.29, 1.82) is 0 Å². The van der Waals surface area contributed by atoms with Crippen molar-refractivity contribution in [2.24, 2.45) is 10.8 Å². The van der Waals surface area contributed by atoms with Crippen molar-refractivity contribution in [2.45, 2.75) is 6.61 Å². The zero-order chi connectivity index (χ0) is 15.9. The van der Waals surface area contributed by atoms with Crippen LogP contribution in [0.2, 0.25) is 0 Å². The number of amides is 2. The third-order valence-electron chi connectivity index (χ3n) is 2.63. The van der Waals surface area contributed by atoms with Crippen LogP contribution >= 0.6 is 0 Å². The highest BCUT2D eigenvalue weighted by Crippen LogP contribution is 2.23. The first kappa shape index (κ1) is 15.4. The third-order valence-corrected chi connectivity index (χ3v) is 2.63. The van der Waals surface area contributed by atoms with Gasteiger partial charge in [0.15, 0.2) is 17.4 Å². The van der Waals surface area contributed by atoms with E-state index in [1.807, 2.05) is 11.5 Å². The van der Waals surface area contributed by atoms with Crippen molar-refractivity contribution in [3.63, 3.8) is 0 Å². The van der Waals surface area contributed by atoms with Crippen molar-refractivity contribution < 1.29 is 18.3 Å². The number of rotatable bonds is 5. The highest BCUT2D eigenvalue weighted by molar-refractivity contribution is 5.81. The minimum absolute atomic E-state index is 0.0470. The number of hydrogen-bond acceptors (Lipinski definition) is 3. The first-order chi connectivity index (χ1) is 10.6. The molecule has 0 aliphatic rings. The van der Waals surface area contributed by atoms with Gasteiger partial charge in [-0.05, 0) is 17.7 Å². The van der Waals surface area contributed by atoms with Crippen LogP contribution in [0.5, 0.6) is 5.75 Å². The molecule has 7 heteroatoms. The first-order valence-electron chi connectivity index (χ1n) is 6.30. The van der Waals surface area contributed by atoms with Crippen molar-refractivity contribution in [3.8, 4) is 5.75 Å². The smallest absolute Gasteiger partial charge is 0.332 e. The van der Waals surface area contributed by atoms with E-state index in [0.717, 1.165) is 23.9 Å². The summed E-state index contributed by atoms with van der Waals surface area (Å²) in [6.45, 7) is 0.0470. The van der Waals surface area contributed by atoms with E-state index in [9.17, 15) is 13.6 Å². The Labute approximate surface area is 125 Å².